The SMILES string of the molecule is CON(C)C(=O)C1CCNC1. The summed E-state index contributed by atoms with van der Waals surface area (Å²) in [6, 6.07) is 0. The minimum Gasteiger partial charge on any atom is -0.316 e. The fraction of sp³-hybridized carbons (Fsp3) is 0.857. The van der Waals surface area contributed by atoms with E-state index in [2.05, 4.69) is 5.32 Å². The molecular formula is C7H14N2O2. The third-order valence-corrected chi connectivity index (χ3v) is 1.99. The summed E-state index contributed by atoms with van der Waals surface area (Å²) in [7, 11) is 3.14. The van der Waals surface area contributed by atoms with E-state index in [1.54, 1.807) is 7.05 Å². The zero-order valence-electron chi connectivity index (χ0n) is 6.96. The zero-order valence-corrected chi connectivity index (χ0v) is 6.96. The van der Waals surface area contributed by atoms with E-state index >= 15 is 0 Å². The van der Waals surface area contributed by atoms with Crippen LogP contribution in [-0.4, -0.2) is 38.2 Å². The van der Waals surface area contributed by atoms with Crippen LogP contribution in [0.5, 0.6) is 0 Å². The third kappa shape index (κ3) is 1.91. The van der Waals surface area contributed by atoms with Gasteiger partial charge in [0.05, 0.1) is 13.0 Å². The molecule has 0 aromatic heterocycles. The maximum absolute atomic E-state index is 11.3. The average molecular weight is 158 g/mol. The van der Waals surface area contributed by atoms with Crippen LogP contribution in [0.15, 0.2) is 0 Å². The summed E-state index contributed by atoms with van der Waals surface area (Å²) in [6.07, 6.45) is 0.923. The lowest BCUT2D eigenvalue weighted by Gasteiger charge is -2.16. The number of hydrogen-bond acceptors (Lipinski definition) is 3. The molecule has 0 aliphatic carbocycles. The second-order valence-corrected chi connectivity index (χ2v) is 2.71. The smallest absolute Gasteiger partial charge is 0.250 e. The fourth-order valence-corrected chi connectivity index (χ4v) is 1.21. The van der Waals surface area contributed by atoms with Crippen molar-refractivity contribution in [2.45, 2.75) is 6.42 Å². The Balaban J connectivity index is 2.39. The molecule has 0 spiro atoms. The van der Waals surface area contributed by atoms with Crippen molar-refractivity contribution in [2.75, 3.05) is 27.2 Å². The summed E-state index contributed by atoms with van der Waals surface area (Å²) >= 11 is 0. The van der Waals surface area contributed by atoms with E-state index < -0.39 is 0 Å². The maximum Gasteiger partial charge on any atom is 0.250 e. The Morgan fingerprint density at radius 3 is 2.91 bits per heavy atom. The second-order valence-electron chi connectivity index (χ2n) is 2.71. The minimum absolute atomic E-state index is 0.0671. The zero-order chi connectivity index (χ0) is 8.27. The summed E-state index contributed by atoms with van der Waals surface area (Å²) in [4.78, 5) is 16.1. The molecule has 11 heavy (non-hydrogen) atoms. The highest BCUT2D eigenvalue weighted by molar-refractivity contribution is 5.78. The highest BCUT2D eigenvalue weighted by Gasteiger charge is 2.25. The standard InChI is InChI=1S/C7H14N2O2/c1-9(11-2)7(10)6-3-4-8-5-6/h6,8H,3-5H2,1-2H3. The number of rotatable bonds is 2. The van der Waals surface area contributed by atoms with E-state index in [4.69, 9.17) is 4.84 Å². The van der Waals surface area contributed by atoms with Crippen LogP contribution in [0.4, 0.5) is 0 Å². The van der Waals surface area contributed by atoms with Crippen molar-refractivity contribution < 1.29 is 9.63 Å². The van der Waals surface area contributed by atoms with Crippen molar-refractivity contribution >= 4 is 5.91 Å². The van der Waals surface area contributed by atoms with Gasteiger partial charge >= 0.3 is 0 Å². The average Bonchev–Trinajstić information content (AvgIpc) is 2.53. The summed E-state index contributed by atoms with van der Waals surface area (Å²) in [6.45, 7) is 1.72. The molecule has 1 aliphatic rings. The number of nitrogens with one attached hydrogen (secondary N) is 1. The van der Waals surface area contributed by atoms with Gasteiger partial charge in [-0.25, -0.2) is 5.06 Å². The molecule has 0 aromatic carbocycles. The lowest BCUT2D eigenvalue weighted by atomic mass is 10.1. The molecule has 1 N–H and O–H groups in total. The van der Waals surface area contributed by atoms with Crippen LogP contribution >= 0.6 is 0 Å². The molecule has 4 heteroatoms. The van der Waals surface area contributed by atoms with Crippen LogP contribution in [0.25, 0.3) is 0 Å². The molecule has 1 amide bonds. The van der Waals surface area contributed by atoms with Crippen molar-refractivity contribution in [1.82, 2.24) is 10.4 Å². The van der Waals surface area contributed by atoms with Crippen LogP contribution in [-0.2, 0) is 9.63 Å². The predicted octanol–water partition coefficient (Wildman–Crippen LogP) is -0.384. The van der Waals surface area contributed by atoms with Gasteiger partial charge in [0.2, 0.25) is 5.91 Å². The fourth-order valence-electron chi connectivity index (χ4n) is 1.21. The van der Waals surface area contributed by atoms with Crippen LogP contribution in [0.3, 0.4) is 0 Å². The molecular weight excluding hydrogens is 144 g/mol. The van der Waals surface area contributed by atoms with Gasteiger partial charge in [-0.2, -0.15) is 0 Å². The first-order chi connectivity index (χ1) is 5.25. The van der Waals surface area contributed by atoms with E-state index in [1.807, 2.05) is 0 Å². The lowest BCUT2D eigenvalue weighted by Crippen LogP contribution is -2.33. The first-order valence-corrected chi connectivity index (χ1v) is 3.78. The van der Waals surface area contributed by atoms with Crippen molar-refractivity contribution in [3.63, 3.8) is 0 Å². The molecule has 64 valence electrons. The Bertz CT molecular complexity index is 143. The van der Waals surface area contributed by atoms with Gasteiger partial charge in [-0.05, 0) is 13.0 Å². The Labute approximate surface area is 66.5 Å². The van der Waals surface area contributed by atoms with Gasteiger partial charge in [-0.3, -0.25) is 9.63 Å². The first kappa shape index (κ1) is 8.49. The monoisotopic (exact) mass is 158 g/mol. The minimum atomic E-state index is 0.0671. The number of carbonyl (C=O) groups is 1. The third-order valence-electron chi connectivity index (χ3n) is 1.99. The van der Waals surface area contributed by atoms with Crippen molar-refractivity contribution in [3.8, 4) is 0 Å². The molecule has 0 saturated carbocycles. The molecule has 1 saturated heterocycles. The Morgan fingerprint density at radius 2 is 2.45 bits per heavy atom. The summed E-state index contributed by atoms with van der Waals surface area (Å²) in [5.41, 5.74) is 0. The molecule has 1 fully saturated rings. The van der Waals surface area contributed by atoms with Gasteiger partial charge < -0.3 is 5.32 Å². The molecule has 0 radical (unpaired) electrons. The molecule has 0 aromatic rings. The van der Waals surface area contributed by atoms with E-state index in [0.29, 0.717) is 0 Å². The van der Waals surface area contributed by atoms with Crippen molar-refractivity contribution in [2.24, 2.45) is 5.92 Å². The van der Waals surface area contributed by atoms with Crippen LogP contribution < -0.4 is 5.32 Å². The number of carbonyl (C=O) groups excluding carboxylic acids is 1. The highest BCUT2D eigenvalue weighted by Crippen LogP contribution is 2.10. The molecule has 1 heterocycles. The number of hydroxylamine groups is 2. The van der Waals surface area contributed by atoms with Crippen LogP contribution in [0, 0.1) is 5.92 Å². The summed E-state index contributed by atoms with van der Waals surface area (Å²) < 4.78 is 0. The van der Waals surface area contributed by atoms with E-state index in [9.17, 15) is 4.79 Å². The van der Waals surface area contributed by atoms with E-state index in [0.717, 1.165) is 19.5 Å². The largest absolute Gasteiger partial charge is 0.316 e. The number of amides is 1. The molecule has 1 aliphatic heterocycles. The Kier molecular flexibility index (Phi) is 2.84. The molecule has 0 bridgehead atoms. The van der Waals surface area contributed by atoms with Crippen LogP contribution in [0.1, 0.15) is 6.42 Å². The lowest BCUT2D eigenvalue weighted by molar-refractivity contribution is -0.172. The topological polar surface area (TPSA) is 41.6 Å². The van der Waals surface area contributed by atoms with Gasteiger partial charge in [-0.1, -0.05) is 0 Å². The van der Waals surface area contributed by atoms with Crippen molar-refractivity contribution in [3.05, 3.63) is 0 Å². The van der Waals surface area contributed by atoms with Gasteiger partial charge in [-0.15, -0.1) is 0 Å². The Hall–Kier alpha value is -0.610. The summed E-state index contributed by atoms with van der Waals surface area (Å²) in [5.74, 6) is 0.178. The van der Waals surface area contributed by atoms with Gasteiger partial charge in [0.1, 0.15) is 0 Å². The summed E-state index contributed by atoms with van der Waals surface area (Å²) in [5, 5.41) is 4.42. The van der Waals surface area contributed by atoms with Gasteiger partial charge in [0.15, 0.2) is 0 Å². The quantitative estimate of drug-likeness (QED) is 0.557. The van der Waals surface area contributed by atoms with Crippen molar-refractivity contribution in [1.29, 1.82) is 0 Å². The molecule has 4 nitrogen and oxygen atoms in total. The molecule has 1 atom stereocenters. The van der Waals surface area contributed by atoms with Gasteiger partial charge in [0.25, 0.3) is 0 Å². The maximum atomic E-state index is 11.3. The van der Waals surface area contributed by atoms with Gasteiger partial charge in [0, 0.05) is 13.6 Å². The van der Waals surface area contributed by atoms with Crippen LogP contribution in [0.2, 0.25) is 0 Å². The molecule has 1 unspecified atom stereocenters. The second kappa shape index (κ2) is 3.69. The first-order valence-electron chi connectivity index (χ1n) is 3.78. The number of nitrogens with zero attached hydrogens (tertiary/aromatic N) is 1. The number of hydrogen-bond donors (Lipinski definition) is 1. The Morgan fingerprint density at radius 1 is 1.73 bits per heavy atom. The predicted molar refractivity (Wildman–Crippen MR) is 40.8 cm³/mol. The highest BCUT2D eigenvalue weighted by atomic mass is 16.7. The van der Waals surface area contributed by atoms with E-state index in [-0.39, 0.29) is 11.8 Å². The normalized spacial score (nSPS) is 23.6. The molecule has 1 rings (SSSR count). The van der Waals surface area contributed by atoms with E-state index in [1.165, 1.54) is 12.2 Å².